The lowest BCUT2D eigenvalue weighted by Gasteiger charge is -1.97. The van der Waals surface area contributed by atoms with Crippen molar-refractivity contribution in [1.82, 2.24) is 5.10 Å². The highest BCUT2D eigenvalue weighted by Gasteiger charge is 2.03. The number of rotatable bonds is 2. The minimum atomic E-state index is 0.911. The molecule has 0 saturated heterocycles. The number of nitrogens with one attached hydrogen (secondary N) is 1. The minimum absolute atomic E-state index is 0.911. The summed E-state index contributed by atoms with van der Waals surface area (Å²) in [6.07, 6.45) is 0. The molecule has 0 aliphatic carbocycles. The van der Waals surface area contributed by atoms with Gasteiger partial charge in [-0.1, -0.05) is 22.9 Å². The molecule has 0 bridgehead atoms. The highest BCUT2D eigenvalue weighted by atomic mass is 32.1. The van der Waals surface area contributed by atoms with E-state index in [9.17, 15) is 0 Å². The van der Waals surface area contributed by atoms with E-state index in [1.807, 2.05) is 42.9 Å². The number of nitrogens with zero attached hydrogens (tertiary/aromatic N) is 2. The minimum Gasteiger partial charge on any atom is -0.327 e. The predicted octanol–water partition coefficient (Wildman–Crippen LogP) is 1.71. The Hall–Kier alpha value is -1.42. The second kappa shape index (κ2) is 3.53. The third kappa shape index (κ3) is 2.03. The molecule has 3 nitrogen and oxygen atoms in total. The molecule has 1 heterocycles. The Balaban J connectivity index is 2.15. The quantitative estimate of drug-likeness (QED) is 0.734. The van der Waals surface area contributed by atoms with E-state index >= 15 is 0 Å². The number of aryl methyl sites for hydroxylation is 1. The molecular formula is C9H10N3S+. The van der Waals surface area contributed by atoms with E-state index in [1.165, 1.54) is 0 Å². The Morgan fingerprint density at radius 3 is 2.69 bits per heavy atom. The lowest BCUT2D eigenvalue weighted by molar-refractivity contribution is -0.724. The highest BCUT2D eigenvalue weighted by molar-refractivity contribution is 7.13. The summed E-state index contributed by atoms with van der Waals surface area (Å²) >= 11 is 1.59. The molecule has 13 heavy (non-hydrogen) atoms. The van der Waals surface area contributed by atoms with Crippen LogP contribution in [-0.4, -0.2) is 5.10 Å². The highest BCUT2D eigenvalue weighted by Crippen LogP contribution is 2.15. The van der Waals surface area contributed by atoms with Crippen molar-refractivity contribution in [3.63, 3.8) is 0 Å². The summed E-state index contributed by atoms with van der Waals surface area (Å²) in [4.78, 5) is 0. The Kier molecular flexibility index (Phi) is 2.23. The Morgan fingerprint density at radius 2 is 2.08 bits per heavy atom. The van der Waals surface area contributed by atoms with Crippen molar-refractivity contribution in [3.8, 4) is 0 Å². The largest absolute Gasteiger partial charge is 0.327 e. The molecule has 2 aromatic rings. The van der Waals surface area contributed by atoms with E-state index < -0.39 is 0 Å². The van der Waals surface area contributed by atoms with Gasteiger partial charge in [0, 0.05) is 10.8 Å². The van der Waals surface area contributed by atoms with Crippen molar-refractivity contribution in [2.45, 2.75) is 0 Å². The smallest absolute Gasteiger partial charge is 0.259 e. The van der Waals surface area contributed by atoms with Crippen molar-refractivity contribution in [2.75, 3.05) is 5.32 Å². The number of hydrogen-bond acceptors (Lipinski definition) is 3. The molecule has 0 aliphatic heterocycles. The summed E-state index contributed by atoms with van der Waals surface area (Å²) in [5.74, 6) is 0. The molecule has 1 aromatic carbocycles. The standard InChI is InChI=1S/C9H10N3S/c1-12-7-13-9(11-12)10-8-5-3-2-4-6-8/h2-7H,1H3,(H,10,11)/q+1. The van der Waals surface area contributed by atoms with Crippen LogP contribution in [0.2, 0.25) is 0 Å². The van der Waals surface area contributed by atoms with E-state index in [0.717, 1.165) is 10.8 Å². The second-order valence-electron chi connectivity index (χ2n) is 2.69. The van der Waals surface area contributed by atoms with Gasteiger partial charge in [-0.05, 0) is 23.5 Å². The van der Waals surface area contributed by atoms with Crippen molar-refractivity contribution < 1.29 is 4.68 Å². The molecular weight excluding hydrogens is 182 g/mol. The van der Waals surface area contributed by atoms with Crippen LogP contribution in [0.1, 0.15) is 0 Å². The fraction of sp³-hybridized carbons (Fsp3) is 0.111. The molecule has 1 aromatic heterocycles. The van der Waals surface area contributed by atoms with Gasteiger partial charge in [-0.15, -0.1) is 0 Å². The predicted molar refractivity (Wildman–Crippen MR) is 53.0 cm³/mol. The maximum absolute atomic E-state index is 4.23. The van der Waals surface area contributed by atoms with Crippen LogP contribution in [0.5, 0.6) is 0 Å². The second-order valence-corrected chi connectivity index (χ2v) is 3.53. The molecule has 66 valence electrons. The van der Waals surface area contributed by atoms with E-state index in [2.05, 4.69) is 10.4 Å². The third-order valence-corrected chi connectivity index (χ3v) is 2.41. The number of aromatic nitrogens is 2. The molecule has 0 radical (unpaired) electrons. The Labute approximate surface area is 80.7 Å². The zero-order chi connectivity index (χ0) is 9.10. The fourth-order valence-electron chi connectivity index (χ4n) is 1.02. The van der Waals surface area contributed by atoms with E-state index in [-0.39, 0.29) is 0 Å². The SMILES string of the molecule is C[n+]1csc(Nc2ccccc2)n1. The van der Waals surface area contributed by atoms with Crippen molar-refractivity contribution >= 4 is 22.2 Å². The molecule has 4 heteroatoms. The van der Waals surface area contributed by atoms with Crippen LogP contribution >= 0.6 is 11.3 Å². The van der Waals surface area contributed by atoms with Gasteiger partial charge in [-0.25, -0.2) is 0 Å². The van der Waals surface area contributed by atoms with Gasteiger partial charge in [-0.2, -0.15) is 0 Å². The van der Waals surface area contributed by atoms with Gasteiger partial charge in [0.2, 0.25) is 0 Å². The monoisotopic (exact) mass is 192 g/mol. The topological polar surface area (TPSA) is 28.8 Å². The van der Waals surface area contributed by atoms with Crippen LogP contribution in [0.3, 0.4) is 0 Å². The van der Waals surface area contributed by atoms with Crippen LogP contribution < -0.4 is 10.00 Å². The molecule has 0 aliphatic rings. The zero-order valence-electron chi connectivity index (χ0n) is 7.27. The third-order valence-electron chi connectivity index (χ3n) is 1.59. The molecule has 2 rings (SSSR count). The van der Waals surface area contributed by atoms with Gasteiger partial charge < -0.3 is 5.32 Å². The van der Waals surface area contributed by atoms with E-state index in [1.54, 1.807) is 16.0 Å². The first-order valence-electron chi connectivity index (χ1n) is 3.98. The summed E-state index contributed by atoms with van der Waals surface area (Å²) in [5, 5.41) is 8.35. The average Bonchev–Trinajstić information content (AvgIpc) is 2.53. The Morgan fingerprint density at radius 1 is 1.31 bits per heavy atom. The fourth-order valence-corrected chi connectivity index (χ4v) is 1.67. The van der Waals surface area contributed by atoms with E-state index in [0.29, 0.717) is 0 Å². The number of anilines is 2. The first kappa shape index (κ1) is 8.19. The molecule has 0 spiro atoms. The summed E-state index contributed by atoms with van der Waals surface area (Å²) in [7, 11) is 1.91. The Bertz CT molecular complexity index is 383. The lowest BCUT2D eigenvalue weighted by Crippen LogP contribution is -2.28. The average molecular weight is 192 g/mol. The number of hydrogen-bond donors (Lipinski definition) is 1. The van der Waals surface area contributed by atoms with Crippen LogP contribution in [0.15, 0.2) is 35.8 Å². The maximum Gasteiger partial charge on any atom is 0.259 e. The first-order chi connectivity index (χ1) is 6.34. The van der Waals surface area contributed by atoms with Crippen LogP contribution in [-0.2, 0) is 7.05 Å². The molecule has 0 fully saturated rings. The summed E-state index contributed by atoms with van der Waals surface area (Å²) in [6.45, 7) is 0. The van der Waals surface area contributed by atoms with Crippen molar-refractivity contribution in [1.29, 1.82) is 0 Å². The molecule has 0 amide bonds. The van der Waals surface area contributed by atoms with Gasteiger partial charge in [0.15, 0.2) is 7.05 Å². The van der Waals surface area contributed by atoms with Crippen molar-refractivity contribution in [3.05, 3.63) is 35.8 Å². The molecule has 0 atom stereocenters. The van der Waals surface area contributed by atoms with Crippen molar-refractivity contribution in [2.24, 2.45) is 7.05 Å². The molecule has 0 unspecified atom stereocenters. The summed E-state index contributed by atoms with van der Waals surface area (Å²) in [6, 6.07) is 10.0. The van der Waals surface area contributed by atoms with Gasteiger partial charge in [0.1, 0.15) is 0 Å². The lowest BCUT2D eigenvalue weighted by atomic mass is 10.3. The first-order valence-corrected chi connectivity index (χ1v) is 4.86. The van der Waals surface area contributed by atoms with Crippen LogP contribution in [0.25, 0.3) is 0 Å². The van der Waals surface area contributed by atoms with Gasteiger partial charge in [-0.3, -0.25) is 0 Å². The maximum atomic E-state index is 4.23. The number of benzene rings is 1. The van der Waals surface area contributed by atoms with Crippen LogP contribution in [0.4, 0.5) is 10.8 Å². The molecule has 0 saturated carbocycles. The zero-order valence-corrected chi connectivity index (χ0v) is 8.08. The van der Waals surface area contributed by atoms with Gasteiger partial charge in [0.05, 0.1) is 0 Å². The summed E-state index contributed by atoms with van der Waals surface area (Å²) in [5.41, 5.74) is 3.02. The normalized spacial score (nSPS) is 9.92. The van der Waals surface area contributed by atoms with E-state index in [4.69, 9.17) is 0 Å². The summed E-state index contributed by atoms with van der Waals surface area (Å²) < 4.78 is 1.79. The number of para-hydroxylation sites is 1. The van der Waals surface area contributed by atoms with Crippen LogP contribution in [0, 0.1) is 0 Å². The van der Waals surface area contributed by atoms with Gasteiger partial charge >= 0.3 is 0 Å². The molecule has 1 N–H and O–H groups in total. The van der Waals surface area contributed by atoms with Gasteiger partial charge in [0.25, 0.3) is 10.6 Å².